The molecule has 1 aliphatic rings. The molecule has 0 radical (unpaired) electrons. The third kappa shape index (κ3) is 3.91. The van der Waals surface area contributed by atoms with Crippen molar-refractivity contribution in [2.24, 2.45) is 0 Å². The van der Waals surface area contributed by atoms with Gasteiger partial charge in [-0.15, -0.1) is 0 Å². The zero-order chi connectivity index (χ0) is 17.2. The summed E-state index contributed by atoms with van der Waals surface area (Å²) in [5.74, 6) is 0.0161. The van der Waals surface area contributed by atoms with Crippen molar-refractivity contribution in [3.05, 3.63) is 65.2 Å². The van der Waals surface area contributed by atoms with Gasteiger partial charge in [0.2, 0.25) is 10.0 Å². The van der Waals surface area contributed by atoms with E-state index in [1.165, 1.54) is 0 Å². The molecule has 2 aromatic carbocycles. The summed E-state index contributed by atoms with van der Waals surface area (Å²) in [5.41, 5.74) is 1.90. The summed E-state index contributed by atoms with van der Waals surface area (Å²) >= 11 is 5.86. The number of halogens is 1. The Bertz CT molecular complexity index is 778. The molecule has 3 rings (SSSR count). The first-order valence-electron chi connectivity index (χ1n) is 8.00. The van der Waals surface area contributed by atoms with Crippen molar-refractivity contribution < 1.29 is 8.42 Å². The van der Waals surface area contributed by atoms with Gasteiger partial charge in [0.25, 0.3) is 0 Å². The maximum atomic E-state index is 12.7. The fourth-order valence-corrected chi connectivity index (χ4v) is 4.79. The van der Waals surface area contributed by atoms with E-state index in [4.69, 9.17) is 11.6 Å². The number of anilines is 1. The molecule has 4 nitrogen and oxygen atoms in total. The van der Waals surface area contributed by atoms with Gasteiger partial charge in [-0.1, -0.05) is 41.9 Å². The number of para-hydroxylation sites is 1. The molecule has 1 heterocycles. The van der Waals surface area contributed by atoms with Gasteiger partial charge in [-0.05, 0) is 36.8 Å². The van der Waals surface area contributed by atoms with Crippen LogP contribution in [0.2, 0.25) is 5.02 Å². The van der Waals surface area contributed by atoms with E-state index in [9.17, 15) is 8.42 Å². The number of sulfonamides is 1. The lowest BCUT2D eigenvalue weighted by Gasteiger charge is -2.40. The van der Waals surface area contributed by atoms with E-state index in [0.29, 0.717) is 24.7 Å². The molecular formula is C18H21ClN2O2S. The molecule has 1 atom stereocenters. The Kier molecular flexibility index (Phi) is 5.13. The third-order valence-electron chi connectivity index (χ3n) is 4.33. The van der Waals surface area contributed by atoms with E-state index in [2.05, 4.69) is 24.0 Å². The SMILES string of the molecule is CC1CN(S(=O)(=O)Cc2ccc(Cl)cc2)CCN1c1ccccc1. The summed E-state index contributed by atoms with van der Waals surface area (Å²) in [7, 11) is -3.32. The fraction of sp³-hybridized carbons (Fsp3) is 0.333. The number of rotatable bonds is 4. The van der Waals surface area contributed by atoms with Gasteiger partial charge in [0.1, 0.15) is 0 Å². The van der Waals surface area contributed by atoms with Gasteiger partial charge < -0.3 is 4.90 Å². The summed E-state index contributed by atoms with van der Waals surface area (Å²) in [4.78, 5) is 2.26. The highest BCUT2D eigenvalue weighted by Gasteiger charge is 2.31. The smallest absolute Gasteiger partial charge is 0.218 e. The Morgan fingerprint density at radius 1 is 1.04 bits per heavy atom. The zero-order valence-electron chi connectivity index (χ0n) is 13.6. The fourth-order valence-electron chi connectivity index (χ4n) is 3.06. The lowest BCUT2D eigenvalue weighted by Crippen LogP contribution is -2.53. The van der Waals surface area contributed by atoms with Crippen molar-refractivity contribution in [3.63, 3.8) is 0 Å². The van der Waals surface area contributed by atoms with Crippen LogP contribution in [-0.4, -0.2) is 38.4 Å². The van der Waals surface area contributed by atoms with Crippen molar-refractivity contribution in [1.29, 1.82) is 0 Å². The normalized spacial score (nSPS) is 19.4. The molecule has 1 fully saturated rings. The number of hydrogen-bond donors (Lipinski definition) is 0. The van der Waals surface area contributed by atoms with Crippen LogP contribution in [0.3, 0.4) is 0 Å². The Balaban J connectivity index is 1.69. The van der Waals surface area contributed by atoms with Crippen molar-refractivity contribution in [2.75, 3.05) is 24.5 Å². The highest BCUT2D eigenvalue weighted by Crippen LogP contribution is 2.23. The Morgan fingerprint density at radius 3 is 2.33 bits per heavy atom. The third-order valence-corrected chi connectivity index (χ3v) is 6.40. The molecule has 0 aliphatic carbocycles. The topological polar surface area (TPSA) is 40.6 Å². The first-order valence-corrected chi connectivity index (χ1v) is 9.98. The largest absolute Gasteiger partial charge is 0.366 e. The van der Waals surface area contributed by atoms with E-state index < -0.39 is 10.0 Å². The van der Waals surface area contributed by atoms with Crippen LogP contribution in [0.5, 0.6) is 0 Å². The minimum atomic E-state index is -3.32. The maximum absolute atomic E-state index is 12.7. The number of benzene rings is 2. The molecular weight excluding hydrogens is 344 g/mol. The Hall–Kier alpha value is -1.56. The second-order valence-electron chi connectivity index (χ2n) is 6.12. The van der Waals surface area contributed by atoms with Crippen LogP contribution in [0.15, 0.2) is 54.6 Å². The van der Waals surface area contributed by atoms with Crippen molar-refractivity contribution in [2.45, 2.75) is 18.7 Å². The molecule has 0 N–H and O–H groups in total. The molecule has 24 heavy (non-hydrogen) atoms. The van der Waals surface area contributed by atoms with E-state index >= 15 is 0 Å². The summed E-state index contributed by atoms with van der Waals surface area (Å²) < 4.78 is 27.0. The molecule has 0 aromatic heterocycles. The van der Waals surface area contributed by atoms with Crippen LogP contribution in [0, 0.1) is 0 Å². The molecule has 0 spiro atoms. The Labute approximate surface area is 148 Å². The average molecular weight is 365 g/mol. The van der Waals surface area contributed by atoms with Gasteiger partial charge in [0.15, 0.2) is 0 Å². The predicted molar refractivity (Wildman–Crippen MR) is 98.9 cm³/mol. The monoisotopic (exact) mass is 364 g/mol. The first kappa shape index (κ1) is 17.3. The maximum Gasteiger partial charge on any atom is 0.218 e. The minimum Gasteiger partial charge on any atom is -0.366 e. The van der Waals surface area contributed by atoms with Crippen LogP contribution in [-0.2, 0) is 15.8 Å². The van der Waals surface area contributed by atoms with Crippen LogP contribution in [0.25, 0.3) is 0 Å². The van der Waals surface area contributed by atoms with Crippen LogP contribution in [0.1, 0.15) is 12.5 Å². The second-order valence-corrected chi connectivity index (χ2v) is 8.52. The average Bonchev–Trinajstić information content (AvgIpc) is 2.57. The van der Waals surface area contributed by atoms with Gasteiger partial charge in [-0.3, -0.25) is 0 Å². The summed E-state index contributed by atoms with van der Waals surface area (Å²) in [5, 5.41) is 0.612. The van der Waals surface area contributed by atoms with Crippen molar-refractivity contribution in [1.82, 2.24) is 4.31 Å². The number of hydrogen-bond acceptors (Lipinski definition) is 3. The molecule has 0 bridgehead atoms. The predicted octanol–water partition coefficient (Wildman–Crippen LogP) is 3.38. The number of nitrogens with zero attached hydrogens (tertiary/aromatic N) is 2. The molecule has 1 aliphatic heterocycles. The quantitative estimate of drug-likeness (QED) is 0.835. The van der Waals surface area contributed by atoms with E-state index in [1.54, 1.807) is 28.6 Å². The molecule has 1 saturated heterocycles. The molecule has 2 aromatic rings. The van der Waals surface area contributed by atoms with Crippen LogP contribution in [0.4, 0.5) is 5.69 Å². The van der Waals surface area contributed by atoms with E-state index in [1.807, 2.05) is 18.2 Å². The van der Waals surface area contributed by atoms with Crippen molar-refractivity contribution >= 4 is 27.3 Å². The van der Waals surface area contributed by atoms with E-state index in [-0.39, 0.29) is 11.8 Å². The number of piperazine rings is 1. The minimum absolute atomic E-state index is 0.0161. The van der Waals surface area contributed by atoms with Gasteiger partial charge >= 0.3 is 0 Å². The second kappa shape index (κ2) is 7.13. The Morgan fingerprint density at radius 2 is 1.71 bits per heavy atom. The van der Waals surface area contributed by atoms with E-state index in [0.717, 1.165) is 11.3 Å². The molecule has 6 heteroatoms. The molecule has 0 amide bonds. The van der Waals surface area contributed by atoms with Gasteiger partial charge in [-0.2, -0.15) is 4.31 Å². The van der Waals surface area contributed by atoms with Gasteiger partial charge in [0.05, 0.1) is 5.75 Å². The van der Waals surface area contributed by atoms with Gasteiger partial charge in [-0.25, -0.2) is 8.42 Å². The molecule has 0 saturated carbocycles. The first-order chi connectivity index (χ1) is 11.5. The highest BCUT2D eigenvalue weighted by molar-refractivity contribution is 7.88. The summed E-state index contributed by atoms with van der Waals surface area (Å²) in [6.45, 7) is 3.78. The van der Waals surface area contributed by atoms with Crippen LogP contribution < -0.4 is 4.90 Å². The van der Waals surface area contributed by atoms with Crippen molar-refractivity contribution in [3.8, 4) is 0 Å². The lowest BCUT2D eigenvalue weighted by molar-refractivity contribution is 0.342. The summed E-state index contributed by atoms with van der Waals surface area (Å²) in [6, 6.07) is 17.3. The van der Waals surface area contributed by atoms with Crippen LogP contribution >= 0.6 is 11.6 Å². The lowest BCUT2D eigenvalue weighted by atomic mass is 10.2. The standard InChI is InChI=1S/C18H21ClN2O2S/c1-15-13-20(11-12-21(15)18-5-3-2-4-6-18)24(22,23)14-16-7-9-17(19)10-8-16/h2-10,15H,11-14H2,1H3. The molecule has 1 unspecified atom stereocenters. The molecule has 128 valence electrons. The zero-order valence-corrected chi connectivity index (χ0v) is 15.2. The highest BCUT2D eigenvalue weighted by atomic mass is 35.5. The van der Waals surface area contributed by atoms with Gasteiger partial charge in [0, 0.05) is 36.4 Å². The summed E-state index contributed by atoms with van der Waals surface area (Å²) in [6.07, 6.45) is 0.